The number of nitrogens with two attached hydrogens (primary N) is 1. The highest BCUT2D eigenvalue weighted by atomic mass is 16.5. The molecule has 1 atom stereocenters. The number of carbonyl (C=O) groups is 1. The van der Waals surface area contributed by atoms with Gasteiger partial charge in [0.1, 0.15) is 11.3 Å². The van der Waals surface area contributed by atoms with E-state index in [0.717, 1.165) is 5.56 Å². The molecule has 2 aromatic rings. The Morgan fingerprint density at radius 3 is 2.70 bits per heavy atom. The molecule has 0 spiro atoms. The van der Waals surface area contributed by atoms with Crippen LogP contribution in [0.4, 0.5) is 0 Å². The lowest BCUT2D eigenvalue weighted by molar-refractivity contribution is 0.0996. The van der Waals surface area contributed by atoms with E-state index in [9.17, 15) is 9.90 Å². The van der Waals surface area contributed by atoms with E-state index in [-0.39, 0.29) is 0 Å². The van der Waals surface area contributed by atoms with Crippen LogP contribution >= 0.6 is 0 Å². The smallest absolute Gasteiger partial charge is 0.254 e. The summed E-state index contributed by atoms with van der Waals surface area (Å²) in [6, 6.07) is 9.36. The van der Waals surface area contributed by atoms with E-state index in [1.807, 2.05) is 37.3 Å². The van der Waals surface area contributed by atoms with Gasteiger partial charge in [-0.15, -0.1) is 0 Å². The number of hydrogen-bond acceptors (Lipinski definition) is 4. The average molecular weight is 274 g/mol. The molecule has 0 saturated heterocycles. The maximum atomic E-state index is 11.4. The second kappa shape index (κ2) is 6.34. The lowest BCUT2D eigenvalue weighted by atomic mass is 10.0. The van der Waals surface area contributed by atoms with Crippen LogP contribution < -0.4 is 5.73 Å². The average Bonchev–Trinajstić information content (AvgIpc) is 2.88. The highest BCUT2D eigenvalue weighted by molar-refractivity contribution is 5.94. The molecule has 0 aliphatic heterocycles. The lowest BCUT2D eigenvalue weighted by Crippen LogP contribution is -2.15. The van der Waals surface area contributed by atoms with E-state index in [1.54, 1.807) is 0 Å². The van der Waals surface area contributed by atoms with Crippen LogP contribution in [0.1, 0.15) is 46.8 Å². The molecule has 1 aromatic carbocycles. The molecule has 5 nitrogen and oxygen atoms in total. The molecule has 0 radical (unpaired) electrons. The van der Waals surface area contributed by atoms with E-state index < -0.39 is 12.0 Å². The van der Waals surface area contributed by atoms with E-state index >= 15 is 0 Å². The van der Waals surface area contributed by atoms with Gasteiger partial charge in [-0.3, -0.25) is 4.79 Å². The second-order valence-electron chi connectivity index (χ2n) is 4.61. The summed E-state index contributed by atoms with van der Waals surface area (Å²) in [7, 11) is 0. The molecule has 0 aliphatic carbocycles. The number of carbonyl (C=O) groups excluding carboxylic acids is 1. The maximum absolute atomic E-state index is 11.4. The van der Waals surface area contributed by atoms with Crippen molar-refractivity contribution in [1.29, 1.82) is 0 Å². The Kier molecular flexibility index (Phi) is 4.53. The van der Waals surface area contributed by atoms with Crippen LogP contribution in [0, 0.1) is 0 Å². The predicted molar refractivity (Wildman–Crippen MR) is 74.1 cm³/mol. The van der Waals surface area contributed by atoms with Crippen molar-refractivity contribution in [3.63, 3.8) is 0 Å². The van der Waals surface area contributed by atoms with Crippen molar-refractivity contribution >= 4 is 5.91 Å². The predicted octanol–water partition coefficient (Wildman–Crippen LogP) is 2.00. The summed E-state index contributed by atoms with van der Waals surface area (Å²) in [6.45, 7) is 1.88. The van der Waals surface area contributed by atoms with Gasteiger partial charge in [-0.1, -0.05) is 42.4 Å². The molecule has 0 fully saturated rings. The fourth-order valence-electron chi connectivity index (χ4n) is 2.16. The summed E-state index contributed by atoms with van der Waals surface area (Å²) >= 11 is 0. The van der Waals surface area contributed by atoms with Gasteiger partial charge in [0, 0.05) is 6.42 Å². The summed E-state index contributed by atoms with van der Waals surface area (Å²) in [4.78, 5) is 11.4. The van der Waals surface area contributed by atoms with Crippen molar-refractivity contribution in [2.24, 2.45) is 5.73 Å². The van der Waals surface area contributed by atoms with Crippen LogP contribution in [0.3, 0.4) is 0 Å². The van der Waals surface area contributed by atoms with Crippen molar-refractivity contribution < 1.29 is 14.4 Å². The van der Waals surface area contributed by atoms with Gasteiger partial charge in [0.15, 0.2) is 0 Å². The Morgan fingerprint density at radius 1 is 1.40 bits per heavy atom. The van der Waals surface area contributed by atoms with Gasteiger partial charge in [0.2, 0.25) is 0 Å². The van der Waals surface area contributed by atoms with E-state index in [1.165, 1.54) is 0 Å². The first-order chi connectivity index (χ1) is 9.63. The van der Waals surface area contributed by atoms with Gasteiger partial charge in [-0.05, 0) is 18.4 Å². The normalized spacial score (nSPS) is 12.3. The quantitative estimate of drug-likeness (QED) is 0.843. The van der Waals surface area contributed by atoms with Gasteiger partial charge in [0.25, 0.3) is 5.91 Å². The third-order valence-electron chi connectivity index (χ3n) is 3.24. The van der Waals surface area contributed by atoms with Crippen LogP contribution in [-0.4, -0.2) is 16.2 Å². The van der Waals surface area contributed by atoms with Crippen LogP contribution in [0.5, 0.6) is 0 Å². The van der Waals surface area contributed by atoms with Gasteiger partial charge in [-0.25, -0.2) is 0 Å². The molecule has 0 bridgehead atoms. The maximum Gasteiger partial charge on any atom is 0.254 e. The summed E-state index contributed by atoms with van der Waals surface area (Å²) < 4.78 is 5.17. The number of hydrogen-bond donors (Lipinski definition) is 2. The number of aliphatic hydroxyl groups is 1. The number of aromatic nitrogens is 1. The number of aryl methyl sites for hydroxylation is 2. The summed E-state index contributed by atoms with van der Waals surface area (Å²) in [5.41, 5.74) is 7.11. The van der Waals surface area contributed by atoms with Gasteiger partial charge < -0.3 is 15.4 Å². The van der Waals surface area contributed by atoms with Crippen LogP contribution in [-0.2, 0) is 12.8 Å². The molecule has 3 N–H and O–H groups in total. The monoisotopic (exact) mass is 274 g/mol. The molecule has 20 heavy (non-hydrogen) atoms. The molecule has 0 aliphatic rings. The number of nitrogens with zero attached hydrogens (tertiary/aromatic N) is 1. The Labute approximate surface area is 117 Å². The van der Waals surface area contributed by atoms with Crippen molar-refractivity contribution in [2.75, 3.05) is 0 Å². The van der Waals surface area contributed by atoms with E-state index in [0.29, 0.717) is 36.3 Å². The number of amides is 1. The second-order valence-corrected chi connectivity index (χ2v) is 4.61. The molecule has 5 heteroatoms. The fraction of sp³-hybridized carbons (Fsp3) is 0.333. The van der Waals surface area contributed by atoms with Crippen molar-refractivity contribution in [3.8, 4) is 0 Å². The van der Waals surface area contributed by atoms with Crippen molar-refractivity contribution in [1.82, 2.24) is 5.16 Å². The molecule has 106 valence electrons. The Morgan fingerprint density at radius 2 is 2.10 bits per heavy atom. The van der Waals surface area contributed by atoms with Gasteiger partial charge in [-0.2, -0.15) is 0 Å². The third kappa shape index (κ3) is 3.05. The van der Waals surface area contributed by atoms with Crippen LogP contribution in [0.2, 0.25) is 0 Å². The molecule has 1 aromatic heterocycles. The highest BCUT2D eigenvalue weighted by Crippen LogP contribution is 2.22. The minimum atomic E-state index is -0.605. The Hall–Kier alpha value is -2.14. The fourth-order valence-corrected chi connectivity index (χ4v) is 2.16. The zero-order valence-corrected chi connectivity index (χ0v) is 11.4. The van der Waals surface area contributed by atoms with Gasteiger partial charge in [0.05, 0.1) is 11.8 Å². The molecular weight excluding hydrogens is 256 g/mol. The first-order valence-electron chi connectivity index (χ1n) is 6.63. The summed E-state index contributed by atoms with van der Waals surface area (Å²) in [5.74, 6) is -0.0865. The molecule has 2 rings (SSSR count). The SMILES string of the molecule is CCc1noc(CCC(O)c2ccccc2)c1C(N)=O. The molecule has 1 unspecified atom stereocenters. The first kappa shape index (κ1) is 14.3. The number of primary amides is 1. The molecule has 1 heterocycles. The highest BCUT2D eigenvalue weighted by Gasteiger charge is 2.20. The number of benzene rings is 1. The van der Waals surface area contributed by atoms with Gasteiger partial charge >= 0.3 is 0 Å². The summed E-state index contributed by atoms with van der Waals surface area (Å²) in [5, 5.41) is 13.9. The zero-order chi connectivity index (χ0) is 14.5. The van der Waals surface area contributed by atoms with Crippen LogP contribution in [0.25, 0.3) is 0 Å². The van der Waals surface area contributed by atoms with Crippen LogP contribution in [0.15, 0.2) is 34.9 Å². The van der Waals surface area contributed by atoms with E-state index in [4.69, 9.17) is 10.3 Å². The minimum absolute atomic E-state index is 0.354. The zero-order valence-electron chi connectivity index (χ0n) is 11.4. The number of rotatable bonds is 6. The topological polar surface area (TPSA) is 89.3 Å². The Balaban J connectivity index is 2.08. The Bertz CT molecular complexity index is 578. The largest absolute Gasteiger partial charge is 0.388 e. The minimum Gasteiger partial charge on any atom is -0.388 e. The first-order valence-corrected chi connectivity index (χ1v) is 6.63. The third-order valence-corrected chi connectivity index (χ3v) is 3.24. The van der Waals surface area contributed by atoms with E-state index in [2.05, 4.69) is 5.16 Å². The molecule has 1 amide bonds. The summed E-state index contributed by atoms with van der Waals surface area (Å²) in [6.07, 6.45) is 0.847. The number of aliphatic hydroxyl groups excluding tert-OH is 1. The molecular formula is C15H18N2O3. The van der Waals surface area contributed by atoms with Crippen molar-refractivity contribution in [2.45, 2.75) is 32.3 Å². The molecule has 0 saturated carbocycles. The lowest BCUT2D eigenvalue weighted by Gasteiger charge is -2.09. The van der Waals surface area contributed by atoms with Crippen molar-refractivity contribution in [3.05, 3.63) is 52.9 Å². The standard InChI is InChI=1S/C15H18N2O3/c1-2-11-14(15(16)19)13(20-17-11)9-8-12(18)10-6-4-3-5-7-10/h3-7,12,18H,2,8-9H2,1H3,(H2,16,19).